The molecular formula is C78H88N6O8P32. The molecule has 20 atom stereocenters. The summed E-state index contributed by atoms with van der Waals surface area (Å²) in [4.78, 5) is 81.6. The van der Waals surface area contributed by atoms with Crippen LogP contribution in [-0.2, 0) is 14.3 Å². The minimum Gasteiger partial charge on any atom is -0.399 e. The van der Waals surface area contributed by atoms with E-state index in [-0.39, 0.29) is 116 Å². The van der Waals surface area contributed by atoms with Crippen molar-refractivity contribution in [2.75, 3.05) is 5.73 Å². The van der Waals surface area contributed by atoms with Crippen molar-refractivity contribution >= 4 is 361 Å². The lowest BCUT2D eigenvalue weighted by atomic mass is 10.0. The van der Waals surface area contributed by atoms with Crippen LogP contribution in [0.15, 0.2) is 303 Å². The summed E-state index contributed by atoms with van der Waals surface area (Å²) in [5, 5.41) is 8.91. The van der Waals surface area contributed by atoms with Gasteiger partial charge in [-0.1, -0.05) is 133 Å². The van der Waals surface area contributed by atoms with Crippen molar-refractivity contribution in [2.45, 2.75) is 13.8 Å². The Morgan fingerprint density at radius 3 is 1.00 bits per heavy atom. The number of aromatic nitrogens is 5. The van der Waals surface area contributed by atoms with Crippen LogP contribution in [0, 0.1) is 0 Å². The minimum absolute atomic E-state index is 0.0135. The fourth-order valence-corrected chi connectivity index (χ4v) is 428. The van der Waals surface area contributed by atoms with E-state index in [2.05, 4.69) is 218 Å². The zero-order chi connectivity index (χ0) is 89.1. The van der Waals surface area contributed by atoms with Gasteiger partial charge in [0.05, 0.1) is 43.9 Å². The van der Waals surface area contributed by atoms with Gasteiger partial charge in [0.2, 0.25) is 0 Å². The number of benzene rings is 10. The summed E-state index contributed by atoms with van der Waals surface area (Å²) in [5.74, 6) is -1.12. The van der Waals surface area contributed by atoms with E-state index >= 15 is 0 Å². The molecule has 0 radical (unpaired) electrons. The van der Waals surface area contributed by atoms with Gasteiger partial charge in [-0.25, -0.2) is 14.2 Å². The molecule has 638 valence electrons. The van der Waals surface area contributed by atoms with Crippen LogP contribution in [0.3, 0.4) is 0 Å². The summed E-state index contributed by atoms with van der Waals surface area (Å²) in [6.45, 7) is 1.87. The van der Waals surface area contributed by atoms with Gasteiger partial charge in [-0.15, -0.1) is 152 Å². The average Bonchev–Trinajstić information content (AvgIpc) is 1.56. The van der Waals surface area contributed by atoms with Gasteiger partial charge in [-0.3, -0.25) is 29.1 Å². The maximum Gasteiger partial charge on any atom is 0.346 e. The first-order valence-electron chi connectivity index (χ1n) is 36.6. The number of hydrogen-bond donors (Lipinski definition) is 1. The Balaban J connectivity index is 0.000000154. The van der Waals surface area contributed by atoms with E-state index < -0.39 is 23.2 Å². The molecule has 46 heteroatoms. The molecule has 124 heavy (non-hydrogen) atoms. The van der Waals surface area contributed by atoms with Crippen LogP contribution in [-0.4, -0.2) is 35.6 Å². The zero-order valence-corrected chi connectivity index (χ0v) is 99.2. The lowest BCUT2D eigenvalue weighted by molar-refractivity contribution is -0.156. The Morgan fingerprint density at radius 2 is 0.605 bits per heavy atom. The van der Waals surface area contributed by atoms with E-state index in [9.17, 15) is 28.8 Å². The molecule has 14 nitrogen and oxygen atoms in total. The zero-order valence-electron chi connectivity index (χ0n) is 66.2. The maximum absolute atomic E-state index is 14.5. The predicted octanol–water partition coefficient (Wildman–Crippen LogP) is 34.0. The van der Waals surface area contributed by atoms with Gasteiger partial charge in [0.25, 0.3) is 11.1 Å². The van der Waals surface area contributed by atoms with Crippen molar-refractivity contribution in [3.63, 3.8) is 0 Å². The first-order valence-corrected chi connectivity index (χ1v) is 94.2. The van der Waals surface area contributed by atoms with Crippen LogP contribution < -0.4 is 28.1 Å². The number of nitrogens with zero attached hydrogens (tertiary/aromatic N) is 5. The summed E-state index contributed by atoms with van der Waals surface area (Å²) < 4.78 is 14.7. The van der Waals surface area contributed by atoms with Gasteiger partial charge in [0.1, 0.15) is 0 Å². The number of nitrogen functional groups attached to an aromatic ring is 1. The molecule has 0 saturated heterocycles. The van der Waals surface area contributed by atoms with E-state index in [4.69, 9.17) is 10.2 Å². The van der Waals surface area contributed by atoms with Crippen LogP contribution in [0.1, 0.15) is 13.8 Å². The van der Waals surface area contributed by atoms with Crippen LogP contribution in [0.2, 0.25) is 0 Å². The Kier molecular flexibility index (Phi) is 41.4. The summed E-state index contributed by atoms with van der Waals surface area (Å²) >= 11 is 0. The van der Waals surface area contributed by atoms with E-state index in [0.717, 1.165) is 93.7 Å². The Labute approximate surface area is 776 Å². The van der Waals surface area contributed by atoms with E-state index in [1.165, 1.54) is 18.4 Å². The molecule has 16 aromatic rings. The third-order valence-corrected chi connectivity index (χ3v) is 232. The second-order valence-electron chi connectivity index (χ2n) is 26.6. The molecule has 0 aliphatic rings. The molecule has 2 N–H and O–H groups in total. The topological polar surface area (TPSA) is 191 Å². The van der Waals surface area contributed by atoms with Gasteiger partial charge < -0.3 is 24.0 Å². The minimum atomic E-state index is -0.627. The number of anilines is 1. The molecule has 0 saturated carbocycles. The highest BCUT2D eigenvalue weighted by atomic mass is 33.5. The SMILES string of the molecule is CC(=O)OC(C)=O.Nc1ccc(-c2ccncc2)cc1.O=c1c2ccccc2c2cc3c4ccccc4n(-c4ccccc4)c3cc2c(=O)n1-c1ccc(-c2ccncc2)cc1.O=c1oc(=O)c2cc3c(cc2c2ccccc12)c1ccccc1n3-c1ccccc1.PP(P)P(P)P(P(P)P)P(P(P(P)P)P(P)P)P(P(P(P)P)P(P)P)P(P(P)P)P(P)P. The summed E-state index contributed by atoms with van der Waals surface area (Å²) in [5.41, 5.74) is 15.2. The average molecular weight is 2230 g/mol. The van der Waals surface area contributed by atoms with E-state index in [1.807, 2.05) is 194 Å². The molecule has 0 spiro atoms. The molecule has 0 bridgehead atoms. The fraction of sp³-hybridized carbons (Fsp3) is 0.0256. The smallest absolute Gasteiger partial charge is 0.346 e. The summed E-state index contributed by atoms with van der Waals surface area (Å²) in [7, 11) is 56.3. The van der Waals surface area contributed by atoms with Gasteiger partial charge in [0.15, 0.2) is 0 Å². The van der Waals surface area contributed by atoms with Crippen LogP contribution >= 0.6 is 257 Å². The van der Waals surface area contributed by atoms with Crippen molar-refractivity contribution in [3.05, 3.63) is 321 Å². The quantitative estimate of drug-likeness (QED) is 0.0351. The number of para-hydroxylation sites is 4. The van der Waals surface area contributed by atoms with Crippen LogP contribution in [0.5, 0.6) is 0 Å². The van der Waals surface area contributed by atoms with Crippen molar-refractivity contribution in [2.24, 2.45) is 0 Å². The number of ether oxygens (including phenoxy) is 1. The summed E-state index contributed by atoms with van der Waals surface area (Å²) in [6.07, 6.45) is 7.06. The highest BCUT2D eigenvalue weighted by Gasteiger charge is 2.52. The number of hydrogen-bond acceptors (Lipinski definition) is 11. The van der Waals surface area contributed by atoms with Gasteiger partial charge in [-0.2, -0.15) is 0 Å². The Bertz CT molecular complexity index is 6690. The molecule has 0 aliphatic carbocycles. The third-order valence-electron chi connectivity index (χ3n) is 18.6. The van der Waals surface area contributed by atoms with Gasteiger partial charge in [-0.05, 0) is 270 Å². The largest absolute Gasteiger partial charge is 0.399 e. The lowest BCUT2D eigenvalue weighted by Gasteiger charge is -2.53. The van der Waals surface area contributed by atoms with Gasteiger partial charge >= 0.3 is 23.2 Å². The maximum atomic E-state index is 14.5. The van der Waals surface area contributed by atoms with Crippen LogP contribution in [0.4, 0.5) is 5.69 Å². The first kappa shape index (κ1) is 104. The summed E-state index contributed by atoms with van der Waals surface area (Å²) in [6, 6.07) is 82.3. The second kappa shape index (κ2) is 49.4. The molecule has 0 fully saturated rings. The molecule has 0 aliphatic heterocycles. The molecule has 16 rings (SSSR count). The number of carbonyl (C=O) groups is 2. The highest BCUT2D eigenvalue weighted by Crippen LogP contribution is 3.39. The van der Waals surface area contributed by atoms with Crippen molar-refractivity contribution < 1.29 is 18.7 Å². The fourth-order valence-electron chi connectivity index (χ4n) is 13.6. The number of fused-ring (bicyclic) bond motifs is 12. The van der Waals surface area contributed by atoms with Crippen molar-refractivity contribution in [1.82, 2.24) is 23.7 Å². The third kappa shape index (κ3) is 25.3. The van der Waals surface area contributed by atoms with E-state index in [1.54, 1.807) is 43.0 Å². The number of nitrogens with two attached hydrogens (primary N) is 1. The Hall–Kier alpha value is 1.08. The first-order chi connectivity index (χ1) is 59.4. The van der Waals surface area contributed by atoms with Crippen molar-refractivity contribution in [1.29, 1.82) is 0 Å². The molecule has 6 heterocycles. The number of carbonyl (C=O) groups excluding carboxylic acids is 2. The highest BCUT2D eigenvalue weighted by molar-refractivity contribution is 9.45. The molecular weight excluding hydrogens is 2140 g/mol. The molecule has 10 aromatic carbocycles. The van der Waals surface area contributed by atoms with E-state index in [0.29, 0.717) is 38.0 Å². The predicted molar refractivity (Wildman–Crippen MR) is 637 cm³/mol. The molecule has 6 aromatic heterocycles. The second-order valence-corrected chi connectivity index (χ2v) is 156. The molecule has 20 unspecified atom stereocenters. The molecule has 0 amide bonds. The van der Waals surface area contributed by atoms with Crippen LogP contribution in [0.25, 0.3) is 126 Å². The lowest BCUT2D eigenvalue weighted by Crippen LogP contribution is -2.28. The normalized spacial score (nSPS) is 12.5. The monoisotopic (exact) mass is 2230 g/mol. The standard InChI is InChI=1S/C37H23N3O2.C26H15NO3.C11H10N2.C4H6O3.H34P32/c41-36-30-12-5-4-10-28(30)31-22-32-29-11-6-7-13-34(29)39(26-8-2-1-3-9-26)35(32)23-33(31)37(42)40(36)27-16-14-24(15-17-27)25-18-20-38-21-19-25;28-25-19-12-5-4-10-17(19)20-14-21-18-11-6-7-13-23(18)27(16-8-2-1-3-9-16)24(21)15-22(20)26(29)30-25;12-11-3-1-9(2-4-11)10-5-7-13-8-6-10;1-3(5)7-4(2)6;1-18(2)26(17)30(25(15)16)32(29(23(11)12)24(13)14)31(27(19(3)4)20(5)6)28(21(7)8)22(9)10/h1-23H;1-15H;1-8H,12H2;1-2H3;1-17H2. The van der Waals surface area contributed by atoms with Gasteiger partial charge in [0, 0.05) is 82.6 Å². The number of rotatable bonds is 19. The number of esters is 2. The Morgan fingerprint density at radius 1 is 0.290 bits per heavy atom. The van der Waals surface area contributed by atoms with Crippen molar-refractivity contribution in [3.8, 4) is 39.3 Å². The number of pyridine rings is 2.